The van der Waals surface area contributed by atoms with E-state index >= 15 is 0 Å². The first kappa shape index (κ1) is 10.8. The maximum atomic E-state index is 9.53. The fourth-order valence-corrected chi connectivity index (χ4v) is 1.60. The monoisotopic (exact) mass is 221 g/mol. The lowest BCUT2D eigenvalue weighted by Gasteiger charge is -2.03. The normalized spacial score (nSPS) is 16.0. The Hall–Kier alpha value is -1.71. The predicted octanol–water partition coefficient (Wildman–Crippen LogP) is 2.22. The first-order chi connectivity index (χ1) is 7.74. The summed E-state index contributed by atoms with van der Waals surface area (Å²) in [4.78, 5) is 5.14. The van der Waals surface area contributed by atoms with Gasteiger partial charge in [0.25, 0.3) is 0 Å². The highest BCUT2D eigenvalue weighted by Gasteiger charge is 2.23. The highest BCUT2D eigenvalue weighted by Crippen LogP contribution is 2.34. The molecule has 0 atom stereocenters. The maximum absolute atomic E-state index is 9.53. The van der Waals surface area contributed by atoms with Crippen LogP contribution in [-0.4, -0.2) is 24.0 Å². The third-order valence-electron chi connectivity index (χ3n) is 2.51. The van der Waals surface area contributed by atoms with Crippen molar-refractivity contribution < 1.29 is 14.7 Å². The van der Waals surface area contributed by atoms with Crippen LogP contribution in [0.25, 0.3) is 0 Å². The Balaban J connectivity index is 2.27. The lowest BCUT2D eigenvalue weighted by Crippen LogP contribution is -2.03. The van der Waals surface area contributed by atoms with E-state index in [1.165, 1.54) is 0 Å². The highest BCUT2D eigenvalue weighted by atomic mass is 16.6. The molecule has 0 saturated carbocycles. The van der Waals surface area contributed by atoms with E-state index in [1.807, 2.05) is 13.8 Å². The van der Waals surface area contributed by atoms with E-state index in [9.17, 15) is 5.11 Å². The molecule has 1 aliphatic rings. The van der Waals surface area contributed by atoms with Crippen molar-refractivity contribution in [2.24, 2.45) is 5.16 Å². The van der Waals surface area contributed by atoms with Gasteiger partial charge in [-0.15, -0.1) is 0 Å². The number of fused-ring (bicyclic) bond motifs is 1. The number of rotatable bonds is 3. The lowest BCUT2D eigenvalue weighted by molar-refractivity contribution is 0.144. The molecule has 1 N–H and O–H groups in total. The second-order valence-electron chi connectivity index (χ2n) is 3.75. The average molecular weight is 221 g/mol. The summed E-state index contributed by atoms with van der Waals surface area (Å²) in [5.41, 5.74) is 2.44. The van der Waals surface area contributed by atoms with Crippen LogP contribution in [0.15, 0.2) is 17.3 Å². The summed E-state index contributed by atoms with van der Waals surface area (Å²) in [6.07, 6.45) is 0.930. The summed E-state index contributed by atoms with van der Waals surface area (Å²) in [5.74, 6) is 0.952. The molecule has 0 aliphatic carbocycles. The van der Waals surface area contributed by atoms with Gasteiger partial charge in [-0.3, -0.25) is 0 Å². The number of phenols is 1. The molecule has 1 aliphatic heterocycles. The average Bonchev–Trinajstić information content (AvgIpc) is 2.68. The Labute approximate surface area is 94.5 Å². The smallest absolute Gasteiger partial charge is 0.135 e. The van der Waals surface area contributed by atoms with E-state index in [0.717, 1.165) is 23.3 Å². The van der Waals surface area contributed by atoms with Gasteiger partial charge < -0.3 is 14.7 Å². The van der Waals surface area contributed by atoms with E-state index in [-0.39, 0.29) is 5.75 Å². The van der Waals surface area contributed by atoms with Crippen LogP contribution < -0.4 is 4.74 Å². The molecule has 0 amide bonds. The predicted molar refractivity (Wildman–Crippen MR) is 61.1 cm³/mol. The molecule has 0 unspecified atom stereocenters. The number of oxime groups is 1. The molecule has 86 valence electrons. The minimum absolute atomic E-state index is 0.245. The second-order valence-corrected chi connectivity index (χ2v) is 3.75. The van der Waals surface area contributed by atoms with Crippen LogP contribution in [0.4, 0.5) is 0 Å². The Morgan fingerprint density at radius 3 is 3.06 bits per heavy atom. The summed E-state index contributed by atoms with van der Waals surface area (Å²) in [7, 11) is 0. The van der Waals surface area contributed by atoms with Crippen molar-refractivity contribution in [1.29, 1.82) is 0 Å². The van der Waals surface area contributed by atoms with Gasteiger partial charge >= 0.3 is 0 Å². The van der Waals surface area contributed by atoms with Crippen molar-refractivity contribution in [3.8, 4) is 11.5 Å². The summed E-state index contributed by atoms with van der Waals surface area (Å²) >= 11 is 0. The molecule has 0 saturated heterocycles. The van der Waals surface area contributed by atoms with Crippen molar-refractivity contribution in [2.45, 2.75) is 20.3 Å². The molecule has 1 aromatic carbocycles. The van der Waals surface area contributed by atoms with Gasteiger partial charge in [0.2, 0.25) is 0 Å². The zero-order chi connectivity index (χ0) is 11.5. The molecular formula is C12H15NO3. The van der Waals surface area contributed by atoms with Gasteiger partial charge in [-0.1, -0.05) is 12.1 Å². The molecule has 4 nitrogen and oxygen atoms in total. The van der Waals surface area contributed by atoms with Crippen LogP contribution in [0.3, 0.4) is 0 Å². The Morgan fingerprint density at radius 2 is 2.31 bits per heavy atom. The van der Waals surface area contributed by atoms with Crippen LogP contribution in [0.5, 0.6) is 11.5 Å². The summed E-state index contributed by atoms with van der Waals surface area (Å²) in [5, 5.41) is 13.6. The largest absolute Gasteiger partial charge is 0.508 e. The van der Waals surface area contributed by atoms with E-state index in [4.69, 9.17) is 9.57 Å². The van der Waals surface area contributed by atoms with E-state index in [2.05, 4.69) is 5.16 Å². The zero-order valence-corrected chi connectivity index (χ0v) is 9.49. The molecule has 0 aromatic heterocycles. The molecule has 0 fully saturated rings. The van der Waals surface area contributed by atoms with Gasteiger partial charge in [-0.25, -0.2) is 0 Å². The van der Waals surface area contributed by atoms with Crippen LogP contribution in [0.1, 0.15) is 24.5 Å². The van der Waals surface area contributed by atoms with Gasteiger partial charge in [0.15, 0.2) is 0 Å². The van der Waals surface area contributed by atoms with Gasteiger partial charge in [0.1, 0.15) is 30.4 Å². The fraction of sp³-hybridized carbons (Fsp3) is 0.417. The Kier molecular flexibility index (Phi) is 2.99. The number of aromatic hydroxyl groups is 1. The Morgan fingerprint density at radius 1 is 1.50 bits per heavy atom. The lowest BCUT2D eigenvalue weighted by atomic mass is 10.1. The minimum atomic E-state index is 0.245. The third-order valence-corrected chi connectivity index (χ3v) is 2.51. The molecule has 1 heterocycles. The molecule has 1 aromatic rings. The molecule has 0 radical (unpaired) electrons. The van der Waals surface area contributed by atoms with Gasteiger partial charge in [0, 0.05) is 11.1 Å². The molecular weight excluding hydrogens is 206 g/mol. The number of hydrogen-bond acceptors (Lipinski definition) is 4. The van der Waals surface area contributed by atoms with Crippen LogP contribution in [0, 0.1) is 6.92 Å². The molecule has 0 spiro atoms. The molecule has 16 heavy (non-hydrogen) atoms. The first-order valence-electron chi connectivity index (χ1n) is 5.38. The van der Waals surface area contributed by atoms with Gasteiger partial charge in [0.05, 0.1) is 0 Å². The molecule has 4 heteroatoms. The van der Waals surface area contributed by atoms with Crippen molar-refractivity contribution in [3.05, 3.63) is 23.3 Å². The SMILES string of the molecule is CCCO/N=C1\COc2c1ccc(O)c2C. The van der Waals surface area contributed by atoms with Crippen molar-refractivity contribution >= 4 is 5.71 Å². The molecule has 0 bridgehead atoms. The topological polar surface area (TPSA) is 51.0 Å². The fourth-order valence-electron chi connectivity index (χ4n) is 1.60. The highest BCUT2D eigenvalue weighted by molar-refractivity contribution is 6.06. The molecule has 2 rings (SSSR count). The standard InChI is InChI=1S/C12H15NO3/c1-3-6-16-13-10-7-15-12-8(2)11(14)5-4-9(10)12/h4-5,14H,3,6-7H2,1-2H3/b13-10+. The third kappa shape index (κ3) is 1.83. The number of ether oxygens (including phenoxy) is 1. The van der Waals surface area contributed by atoms with Crippen molar-refractivity contribution in [2.75, 3.05) is 13.2 Å². The van der Waals surface area contributed by atoms with Crippen molar-refractivity contribution in [3.63, 3.8) is 0 Å². The van der Waals surface area contributed by atoms with E-state index in [1.54, 1.807) is 12.1 Å². The van der Waals surface area contributed by atoms with Gasteiger partial charge in [-0.05, 0) is 25.5 Å². The summed E-state index contributed by atoms with van der Waals surface area (Å²) < 4.78 is 5.48. The van der Waals surface area contributed by atoms with E-state index in [0.29, 0.717) is 19.0 Å². The van der Waals surface area contributed by atoms with Crippen LogP contribution >= 0.6 is 0 Å². The maximum Gasteiger partial charge on any atom is 0.135 e. The number of benzene rings is 1. The van der Waals surface area contributed by atoms with Crippen LogP contribution in [0.2, 0.25) is 0 Å². The number of phenolic OH excluding ortho intramolecular Hbond substituents is 1. The minimum Gasteiger partial charge on any atom is -0.508 e. The van der Waals surface area contributed by atoms with Crippen molar-refractivity contribution in [1.82, 2.24) is 0 Å². The number of hydrogen-bond donors (Lipinski definition) is 1. The van der Waals surface area contributed by atoms with E-state index < -0.39 is 0 Å². The Bertz CT molecular complexity index is 427. The zero-order valence-electron chi connectivity index (χ0n) is 9.49. The van der Waals surface area contributed by atoms with Crippen LogP contribution in [-0.2, 0) is 4.84 Å². The summed E-state index contributed by atoms with van der Waals surface area (Å²) in [6, 6.07) is 3.46. The first-order valence-corrected chi connectivity index (χ1v) is 5.38. The summed E-state index contributed by atoms with van der Waals surface area (Å²) in [6.45, 7) is 4.87. The number of nitrogens with zero attached hydrogens (tertiary/aromatic N) is 1. The van der Waals surface area contributed by atoms with Gasteiger partial charge in [-0.2, -0.15) is 0 Å². The quantitative estimate of drug-likeness (QED) is 0.629. The second kappa shape index (κ2) is 4.43.